The normalized spacial score (nSPS) is 12.1. The lowest BCUT2D eigenvalue weighted by molar-refractivity contribution is -0.120. The van der Waals surface area contributed by atoms with E-state index in [1.54, 1.807) is 11.6 Å². The number of H-pyrrole nitrogens is 1. The Bertz CT molecular complexity index is 1230. The Kier molecular flexibility index (Phi) is 5.67. The van der Waals surface area contributed by atoms with Gasteiger partial charge in [-0.25, -0.2) is 9.67 Å². The van der Waals surface area contributed by atoms with Crippen molar-refractivity contribution in [2.75, 3.05) is 0 Å². The van der Waals surface area contributed by atoms with Gasteiger partial charge in [0.1, 0.15) is 5.39 Å². The van der Waals surface area contributed by atoms with E-state index in [9.17, 15) is 9.59 Å². The Balaban J connectivity index is 1.51. The summed E-state index contributed by atoms with van der Waals surface area (Å²) in [6.45, 7) is 4.26. The van der Waals surface area contributed by atoms with Crippen molar-refractivity contribution in [3.8, 4) is 5.69 Å². The zero-order chi connectivity index (χ0) is 21.1. The largest absolute Gasteiger partial charge is 0.351 e. The fourth-order valence-electron chi connectivity index (χ4n) is 2.97. The molecule has 2 heterocycles. The maximum absolute atomic E-state index is 12.5. The molecular formula is C22H21N5O2S. The van der Waals surface area contributed by atoms with Gasteiger partial charge in [0.25, 0.3) is 5.56 Å². The summed E-state index contributed by atoms with van der Waals surface area (Å²) in [5.74, 6) is -0.125. The number of carbonyl (C=O) groups is 1. The number of rotatable bonds is 6. The van der Waals surface area contributed by atoms with Gasteiger partial charge >= 0.3 is 0 Å². The number of hydrogen-bond donors (Lipinski definition) is 2. The number of aromatic amines is 1. The number of hydrogen-bond acceptors (Lipinski definition) is 5. The molecule has 2 aromatic carbocycles. The Morgan fingerprint density at radius 3 is 2.63 bits per heavy atom. The first-order chi connectivity index (χ1) is 14.5. The summed E-state index contributed by atoms with van der Waals surface area (Å²) in [5.41, 5.74) is 3.20. The lowest BCUT2D eigenvalue weighted by Crippen LogP contribution is -2.30. The summed E-state index contributed by atoms with van der Waals surface area (Å²) in [5, 5.41) is 7.58. The third kappa shape index (κ3) is 4.28. The highest BCUT2D eigenvalue weighted by Crippen LogP contribution is 2.21. The van der Waals surface area contributed by atoms with E-state index in [-0.39, 0.29) is 11.5 Å². The number of para-hydroxylation sites is 1. The van der Waals surface area contributed by atoms with E-state index in [2.05, 4.69) is 20.4 Å². The summed E-state index contributed by atoms with van der Waals surface area (Å²) < 4.78 is 1.62. The first-order valence-electron chi connectivity index (χ1n) is 9.54. The lowest BCUT2D eigenvalue weighted by Gasteiger charge is -2.12. The standard InChI is InChI=1S/C22H21N5O2S/c1-14-8-10-16(11-9-14)12-23-20(28)15(2)30-22-25-19-18(21(29)26-22)13-24-27(19)17-6-4-3-5-7-17/h3-11,13,15H,12H2,1-2H3,(H,23,28)(H,25,26,29)/t15-/m0/s1. The van der Waals surface area contributed by atoms with Crippen molar-refractivity contribution in [1.82, 2.24) is 25.1 Å². The molecule has 8 heteroatoms. The molecule has 0 aliphatic carbocycles. The molecule has 7 nitrogen and oxygen atoms in total. The third-order valence-corrected chi connectivity index (χ3v) is 5.65. The molecule has 0 spiro atoms. The Morgan fingerprint density at radius 1 is 1.17 bits per heavy atom. The van der Waals surface area contributed by atoms with Crippen molar-refractivity contribution >= 4 is 28.7 Å². The Hall–Kier alpha value is -3.39. The molecule has 4 aromatic rings. The van der Waals surface area contributed by atoms with Crippen molar-refractivity contribution in [3.05, 3.63) is 82.3 Å². The molecule has 0 saturated carbocycles. The fraction of sp³-hybridized carbons (Fsp3) is 0.182. The van der Waals surface area contributed by atoms with Crippen LogP contribution in [0.5, 0.6) is 0 Å². The number of aromatic nitrogens is 4. The second-order valence-corrected chi connectivity index (χ2v) is 8.29. The second-order valence-electron chi connectivity index (χ2n) is 6.96. The molecule has 0 radical (unpaired) electrons. The van der Waals surface area contributed by atoms with E-state index in [4.69, 9.17) is 0 Å². The molecule has 2 aromatic heterocycles. The van der Waals surface area contributed by atoms with E-state index in [1.807, 2.05) is 61.5 Å². The number of fused-ring (bicyclic) bond motifs is 1. The average molecular weight is 420 g/mol. The van der Waals surface area contributed by atoms with Gasteiger partial charge in [0, 0.05) is 6.54 Å². The molecule has 0 aliphatic rings. The molecule has 0 aliphatic heterocycles. The summed E-state index contributed by atoms with van der Waals surface area (Å²) in [4.78, 5) is 32.3. The Labute approximate surface area is 177 Å². The Morgan fingerprint density at radius 2 is 1.90 bits per heavy atom. The average Bonchev–Trinajstić information content (AvgIpc) is 3.18. The van der Waals surface area contributed by atoms with Crippen LogP contribution < -0.4 is 10.9 Å². The van der Waals surface area contributed by atoms with Gasteiger partial charge in [-0.15, -0.1) is 0 Å². The zero-order valence-electron chi connectivity index (χ0n) is 16.6. The minimum absolute atomic E-state index is 0.125. The van der Waals surface area contributed by atoms with Gasteiger partial charge in [-0.1, -0.05) is 59.8 Å². The van der Waals surface area contributed by atoms with Crippen LogP contribution in [0, 0.1) is 6.92 Å². The van der Waals surface area contributed by atoms with E-state index in [0.29, 0.717) is 22.7 Å². The third-order valence-electron chi connectivity index (χ3n) is 4.66. The van der Waals surface area contributed by atoms with E-state index < -0.39 is 5.25 Å². The highest BCUT2D eigenvalue weighted by Gasteiger charge is 2.18. The molecule has 0 bridgehead atoms. The first kappa shape index (κ1) is 19.9. The van der Waals surface area contributed by atoms with Crippen LogP contribution >= 0.6 is 11.8 Å². The number of aryl methyl sites for hydroxylation is 1. The molecule has 0 unspecified atom stereocenters. The van der Waals surface area contributed by atoms with Gasteiger partial charge in [-0.3, -0.25) is 9.59 Å². The van der Waals surface area contributed by atoms with Crippen LogP contribution in [0.15, 0.2) is 70.7 Å². The number of carbonyl (C=O) groups excluding carboxylic acids is 1. The number of nitrogens with one attached hydrogen (secondary N) is 2. The fourth-order valence-corrected chi connectivity index (χ4v) is 3.79. The monoisotopic (exact) mass is 419 g/mol. The first-order valence-corrected chi connectivity index (χ1v) is 10.4. The van der Waals surface area contributed by atoms with Gasteiger partial charge in [0.05, 0.1) is 17.1 Å². The molecule has 30 heavy (non-hydrogen) atoms. The van der Waals surface area contributed by atoms with Crippen molar-refractivity contribution in [3.63, 3.8) is 0 Å². The second kappa shape index (κ2) is 8.54. The smallest absolute Gasteiger partial charge is 0.262 e. The number of amides is 1. The SMILES string of the molecule is Cc1ccc(CNC(=O)[C@H](C)Sc2nc3c(cnn3-c3ccccc3)c(=O)[nH]2)cc1. The van der Waals surface area contributed by atoms with Crippen LogP contribution in [-0.4, -0.2) is 30.9 Å². The molecule has 152 valence electrons. The molecule has 2 N–H and O–H groups in total. The van der Waals surface area contributed by atoms with Crippen LogP contribution in [0.3, 0.4) is 0 Å². The lowest BCUT2D eigenvalue weighted by atomic mass is 10.1. The van der Waals surface area contributed by atoms with Crippen LogP contribution in [-0.2, 0) is 11.3 Å². The quantitative estimate of drug-likeness (QED) is 0.370. The predicted octanol–water partition coefficient (Wildman–Crippen LogP) is 3.21. The number of nitrogens with zero attached hydrogens (tertiary/aromatic N) is 3. The van der Waals surface area contributed by atoms with Gasteiger partial charge in [-0.2, -0.15) is 5.10 Å². The van der Waals surface area contributed by atoms with Crippen molar-refractivity contribution in [2.24, 2.45) is 0 Å². The van der Waals surface area contributed by atoms with Gasteiger partial charge in [-0.05, 0) is 31.5 Å². The molecule has 0 saturated heterocycles. The highest BCUT2D eigenvalue weighted by atomic mass is 32.2. The van der Waals surface area contributed by atoms with E-state index >= 15 is 0 Å². The van der Waals surface area contributed by atoms with Crippen molar-refractivity contribution in [1.29, 1.82) is 0 Å². The molecule has 1 amide bonds. The van der Waals surface area contributed by atoms with E-state index in [0.717, 1.165) is 11.3 Å². The summed E-state index contributed by atoms with van der Waals surface area (Å²) in [6, 6.07) is 17.5. The molecular weight excluding hydrogens is 398 g/mol. The van der Waals surface area contributed by atoms with Crippen LogP contribution in [0.4, 0.5) is 0 Å². The molecule has 0 fully saturated rings. The summed E-state index contributed by atoms with van der Waals surface area (Å²) in [6.07, 6.45) is 1.50. The van der Waals surface area contributed by atoms with Crippen LogP contribution in [0.1, 0.15) is 18.1 Å². The molecule has 1 atom stereocenters. The summed E-state index contributed by atoms with van der Waals surface area (Å²) in [7, 11) is 0. The van der Waals surface area contributed by atoms with Crippen molar-refractivity contribution < 1.29 is 4.79 Å². The van der Waals surface area contributed by atoms with Crippen molar-refractivity contribution in [2.45, 2.75) is 30.8 Å². The minimum Gasteiger partial charge on any atom is -0.351 e. The van der Waals surface area contributed by atoms with E-state index in [1.165, 1.54) is 23.5 Å². The number of thioether (sulfide) groups is 1. The maximum Gasteiger partial charge on any atom is 0.262 e. The minimum atomic E-state index is -0.427. The maximum atomic E-state index is 12.5. The topological polar surface area (TPSA) is 92.7 Å². The summed E-state index contributed by atoms with van der Waals surface area (Å²) >= 11 is 1.21. The van der Waals surface area contributed by atoms with Crippen LogP contribution in [0.2, 0.25) is 0 Å². The predicted molar refractivity (Wildman–Crippen MR) is 118 cm³/mol. The van der Waals surface area contributed by atoms with Gasteiger partial charge in [0.2, 0.25) is 5.91 Å². The highest BCUT2D eigenvalue weighted by molar-refractivity contribution is 8.00. The van der Waals surface area contributed by atoms with Gasteiger partial charge < -0.3 is 10.3 Å². The molecule has 4 rings (SSSR count). The van der Waals surface area contributed by atoms with Crippen LogP contribution in [0.25, 0.3) is 16.7 Å². The van der Waals surface area contributed by atoms with Gasteiger partial charge in [0.15, 0.2) is 10.8 Å². The zero-order valence-corrected chi connectivity index (χ0v) is 17.4. The number of benzene rings is 2.